The zero-order chi connectivity index (χ0) is 15.2. The summed E-state index contributed by atoms with van der Waals surface area (Å²) in [5, 5.41) is 0. The summed E-state index contributed by atoms with van der Waals surface area (Å²) in [5.41, 5.74) is 6.58. The number of methoxy groups -OCH3 is 1. The summed E-state index contributed by atoms with van der Waals surface area (Å²) in [6, 6.07) is 3.17. The Balaban J connectivity index is 1.84. The predicted molar refractivity (Wildman–Crippen MR) is 78.9 cm³/mol. The highest BCUT2D eigenvalue weighted by atomic mass is 19.1. The molecule has 3 nitrogen and oxygen atoms in total. The molecule has 1 fully saturated rings. The molecule has 0 spiro atoms. The fourth-order valence-corrected chi connectivity index (χ4v) is 3.00. The molecular weight excluding hydrogens is 274 g/mol. The smallest absolute Gasteiger partial charge is 0.126 e. The molecule has 5 heteroatoms. The lowest BCUT2D eigenvalue weighted by Gasteiger charge is -2.33. The van der Waals surface area contributed by atoms with Crippen LogP contribution in [0.25, 0.3) is 0 Å². The maximum atomic E-state index is 13.2. The quantitative estimate of drug-likeness (QED) is 0.877. The van der Waals surface area contributed by atoms with Crippen molar-refractivity contribution in [2.45, 2.75) is 25.3 Å². The SMILES string of the molecule is COCC1CCCN(CCC(N)c2cc(F)cc(F)c2)C1. The van der Waals surface area contributed by atoms with Gasteiger partial charge in [-0.1, -0.05) is 0 Å². The normalized spacial score (nSPS) is 21.4. The van der Waals surface area contributed by atoms with Gasteiger partial charge in [0.1, 0.15) is 11.6 Å². The highest BCUT2D eigenvalue weighted by molar-refractivity contribution is 5.21. The number of hydrogen-bond donors (Lipinski definition) is 1. The molecule has 0 amide bonds. The molecule has 2 rings (SSSR count). The van der Waals surface area contributed by atoms with Crippen LogP contribution in [0.3, 0.4) is 0 Å². The molecule has 118 valence electrons. The fourth-order valence-electron chi connectivity index (χ4n) is 3.00. The van der Waals surface area contributed by atoms with Gasteiger partial charge in [-0.25, -0.2) is 8.78 Å². The van der Waals surface area contributed by atoms with E-state index < -0.39 is 11.6 Å². The van der Waals surface area contributed by atoms with E-state index in [9.17, 15) is 8.78 Å². The molecule has 0 saturated carbocycles. The average molecular weight is 298 g/mol. The van der Waals surface area contributed by atoms with Crippen LogP contribution >= 0.6 is 0 Å². The summed E-state index contributed by atoms with van der Waals surface area (Å²) in [6.45, 7) is 3.71. The van der Waals surface area contributed by atoms with Gasteiger partial charge in [0, 0.05) is 25.8 Å². The monoisotopic (exact) mass is 298 g/mol. The zero-order valence-electron chi connectivity index (χ0n) is 12.5. The molecule has 0 bridgehead atoms. The van der Waals surface area contributed by atoms with Gasteiger partial charge in [0.05, 0.1) is 6.61 Å². The van der Waals surface area contributed by atoms with Crippen molar-refractivity contribution in [2.75, 3.05) is 33.4 Å². The van der Waals surface area contributed by atoms with E-state index in [2.05, 4.69) is 4.90 Å². The summed E-state index contributed by atoms with van der Waals surface area (Å²) in [4.78, 5) is 2.36. The first-order valence-corrected chi connectivity index (χ1v) is 7.51. The van der Waals surface area contributed by atoms with Crippen LogP contribution in [-0.4, -0.2) is 38.3 Å². The molecule has 0 aromatic heterocycles. The van der Waals surface area contributed by atoms with Gasteiger partial charge in [0.2, 0.25) is 0 Å². The van der Waals surface area contributed by atoms with Crippen molar-refractivity contribution in [3.05, 3.63) is 35.4 Å². The van der Waals surface area contributed by atoms with E-state index in [1.54, 1.807) is 7.11 Å². The van der Waals surface area contributed by atoms with Crippen LogP contribution in [0, 0.1) is 17.6 Å². The first kappa shape index (κ1) is 16.3. The molecule has 2 N–H and O–H groups in total. The van der Waals surface area contributed by atoms with Crippen LogP contribution in [0.15, 0.2) is 18.2 Å². The van der Waals surface area contributed by atoms with E-state index >= 15 is 0 Å². The third kappa shape index (κ3) is 5.02. The third-order valence-corrected chi connectivity index (χ3v) is 4.07. The van der Waals surface area contributed by atoms with Crippen molar-refractivity contribution >= 4 is 0 Å². The predicted octanol–water partition coefficient (Wildman–Crippen LogP) is 2.71. The van der Waals surface area contributed by atoms with Crippen LogP contribution in [-0.2, 0) is 4.74 Å². The summed E-state index contributed by atoms with van der Waals surface area (Å²) >= 11 is 0. The summed E-state index contributed by atoms with van der Waals surface area (Å²) in [6.07, 6.45) is 3.06. The van der Waals surface area contributed by atoms with Crippen molar-refractivity contribution in [1.29, 1.82) is 0 Å². The maximum Gasteiger partial charge on any atom is 0.126 e. The Labute approximate surface area is 125 Å². The van der Waals surface area contributed by atoms with E-state index in [1.165, 1.54) is 18.6 Å². The van der Waals surface area contributed by atoms with Crippen molar-refractivity contribution < 1.29 is 13.5 Å². The number of rotatable bonds is 6. The Morgan fingerprint density at radius 3 is 2.71 bits per heavy atom. The molecule has 0 aliphatic carbocycles. The Morgan fingerprint density at radius 1 is 1.33 bits per heavy atom. The summed E-state index contributed by atoms with van der Waals surface area (Å²) < 4.78 is 31.6. The van der Waals surface area contributed by atoms with Crippen LogP contribution < -0.4 is 5.73 Å². The molecule has 2 atom stereocenters. The van der Waals surface area contributed by atoms with Gasteiger partial charge in [-0.2, -0.15) is 0 Å². The second-order valence-corrected chi connectivity index (χ2v) is 5.86. The van der Waals surface area contributed by atoms with Crippen molar-refractivity contribution in [1.82, 2.24) is 4.90 Å². The van der Waals surface area contributed by atoms with Gasteiger partial charge in [0.15, 0.2) is 0 Å². The van der Waals surface area contributed by atoms with Crippen LogP contribution in [0.2, 0.25) is 0 Å². The van der Waals surface area contributed by atoms with E-state index in [1.807, 2.05) is 0 Å². The Bertz CT molecular complexity index is 434. The number of benzene rings is 1. The second-order valence-electron chi connectivity index (χ2n) is 5.86. The second kappa shape index (κ2) is 7.82. The van der Waals surface area contributed by atoms with E-state index in [-0.39, 0.29) is 6.04 Å². The van der Waals surface area contributed by atoms with Crippen LogP contribution in [0.1, 0.15) is 30.9 Å². The average Bonchev–Trinajstić information content (AvgIpc) is 2.44. The molecule has 0 radical (unpaired) electrons. The fraction of sp³-hybridized carbons (Fsp3) is 0.625. The molecule has 1 aliphatic heterocycles. The molecule has 1 saturated heterocycles. The highest BCUT2D eigenvalue weighted by Gasteiger charge is 2.20. The van der Waals surface area contributed by atoms with Gasteiger partial charge in [-0.15, -0.1) is 0 Å². The summed E-state index contributed by atoms with van der Waals surface area (Å²) in [7, 11) is 1.73. The number of nitrogens with zero attached hydrogens (tertiary/aromatic N) is 1. The minimum atomic E-state index is -0.571. The first-order valence-electron chi connectivity index (χ1n) is 7.51. The zero-order valence-corrected chi connectivity index (χ0v) is 12.5. The van der Waals surface area contributed by atoms with Crippen molar-refractivity contribution in [2.24, 2.45) is 11.7 Å². The van der Waals surface area contributed by atoms with Gasteiger partial charge in [0.25, 0.3) is 0 Å². The maximum absolute atomic E-state index is 13.2. The standard InChI is InChI=1S/C16H24F2N2O/c1-21-11-12-3-2-5-20(10-12)6-4-16(19)13-7-14(17)9-15(18)8-13/h7-9,12,16H,2-6,10-11,19H2,1H3. The molecule has 1 heterocycles. The largest absolute Gasteiger partial charge is 0.384 e. The summed E-state index contributed by atoms with van der Waals surface area (Å²) in [5.74, 6) is -0.566. The van der Waals surface area contributed by atoms with Crippen molar-refractivity contribution in [3.63, 3.8) is 0 Å². The number of hydrogen-bond acceptors (Lipinski definition) is 3. The van der Waals surface area contributed by atoms with Gasteiger partial charge in [-0.3, -0.25) is 0 Å². The third-order valence-electron chi connectivity index (χ3n) is 4.07. The van der Waals surface area contributed by atoms with Gasteiger partial charge >= 0.3 is 0 Å². The van der Waals surface area contributed by atoms with Gasteiger partial charge < -0.3 is 15.4 Å². The van der Waals surface area contributed by atoms with E-state index in [0.717, 1.165) is 38.7 Å². The molecule has 1 aromatic carbocycles. The number of likely N-dealkylation sites (tertiary alicyclic amines) is 1. The molecular formula is C16H24F2N2O. The van der Waals surface area contributed by atoms with Crippen molar-refractivity contribution in [3.8, 4) is 0 Å². The molecule has 2 unspecified atom stereocenters. The Morgan fingerprint density at radius 2 is 2.05 bits per heavy atom. The molecule has 21 heavy (non-hydrogen) atoms. The number of ether oxygens (including phenoxy) is 1. The molecule has 1 aromatic rings. The number of halogens is 2. The lowest BCUT2D eigenvalue weighted by atomic mass is 9.98. The first-order chi connectivity index (χ1) is 10.1. The lowest BCUT2D eigenvalue weighted by molar-refractivity contribution is 0.0892. The minimum Gasteiger partial charge on any atom is -0.384 e. The number of piperidine rings is 1. The Kier molecular flexibility index (Phi) is 6.08. The molecule has 1 aliphatic rings. The van der Waals surface area contributed by atoms with E-state index in [0.29, 0.717) is 17.9 Å². The highest BCUT2D eigenvalue weighted by Crippen LogP contribution is 2.20. The van der Waals surface area contributed by atoms with E-state index in [4.69, 9.17) is 10.5 Å². The topological polar surface area (TPSA) is 38.5 Å². The van der Waals surface area contributed by atoms with Crippen LogP contribution in [0.4, 0.5) is 8.78 Å². The Hall–Kier alpha value is -1.04. The number of nitrogens with two attached hydrogens (primary N) is 1. The van der Waals surface area contributed by atoms with Crippen LogP contribution in [0.5, 0.6) is 0 Å². The minimum absolute atomic E-state index is 0.335. The lowest BCUT2D eigenvalue weighted by Crippen LogP contribution is -2.38. The van der Waals surface area contributed by atoms with Gasteiger partial charge in [-0.05, 0) is 56.0 Å².